The zero-order valence-electron chi connectivity index (χ0n) is 10.8. The van der Waals surface area contributed by atoms with E-state index in [2.05, 4.69) is 5.32 Å². The first-order valence-corrected chi connectivity index (χ1v) is 6.68. The van der Waals surface area contributed by atoms with Gasteiger partial charge in [-0.3, -0.25) is 0 Å². The molecule has 0 amide bonds. The molecule has 1 fully saturated rings. The summed E-state index contributed by atoms with van der Waals surface area (Å²) in [6.07, 6.45) is 3.69. The first-order valence-electron chi connectivity index (χ1n) is 6.68. The highest BCUT2D eigenvalue weighted by molar-refractivity contribution is 5.56. The molecule has 4 nitrogen and oxygen atoms in total. The van der Waals surface area contributed by atoms with E-state index < -0.39 is 6.10 Å². The standard InChI is InChI=1S/C14H20FNO3/c15-10-5-6-14(19-12-3-1-2-4-12)13(7-10)16-8-11(18)9-17/h5-7,11-12,16-18H,1-4,8-9H2. The van der Waals surface area contributed by atoms with Crippen molar-refractivity contribution in [1.82, 2.24) is 0 Å². The van der Waals surface area contributed by atoms with Gasteiger partial charge in [0.2, 0.25) is 0 Å². The van der Waals surface area contributed by atoms with E-state index in [1.54, 1.807) is 6.07 Å². The van der Waals surface area contributed by atoms with E-state index in [1.165, 1.54) is 12.1 Å². The van der Waals surface area contributed by atoms with E-state index >= 15 is 0 Å². The zero-order valence-corrected chi connectivity index (χ0v) is 10.8. The second kappa shape index (κ2) is 6.73. The Kier molecular flexibility index (Phi) is 4.99. The lowest BCUT2D eigenvalue weighted by Crippen LogP contribution is -2.23. The van der Waals surface area contributed by atoms with E-state index in [4.69, 9.17) is 9.84 Å². The van der Waals surface area contributed by atoms with Crippen molar-refractivity contribution >= 4 is 5.69 Å². The maximum Gasteiger partial charge on any atom is 0.143 e. The van der Waals surface area contributed by atoms with Crippen molar-refractivity contribution in [3.05, 3.63) is 24.0 Å². The van der Waals surface area contributed by atoms with Gasteiger partial charge in [-0.1, -0.05) is 0 Å². The molecule has 1 aliphatic rings. The van der Waals surface area contributed by atoms with E-state index in [9.17, 15) is 9.50 Å². The van der Waals surface area contributed by atoms with Gasteiger partial charge in [-0.05, 0) is 37.8 Å². The summed E-state index contributed by atoms with van der Waals surface area (Å²) >= 11 is 0. The van der Waals surface area contributed by atoms with Gasteiger partial charge >= 0.3 is 0 Å². The van der Waals surface area contributed by atoms with E-state index in [0.717, 1.165) is 25.7 Å². The SMILES string of the molecule is OCC(O)CNc1cc(F)ccc1OC1CCCC1. The number of ether oxygens (including phenoxy) is 1. The number of aliphatic hydroxyl groups is 2. The molecule has 0 aliphatic heterocycles. The van der Waals surface area contributed by atoms with E-state index in [0.29, 0.717) is 11.4 Å². The molecule has 1 saturated carbocycles. The Morgan fingerprint density at radius 1 is 1.37 bits per heavy atom. The van der Waals surface area contributed by atoms with Crippen LogP contribution in [0.15, 0.2) is 18.2 Å². The highest BCUT2D eigenvalue weighted by Crippen LogP contribution is 2.30. The summed E-state index contributed by atoms with van der Waals surface area (Å²) in [5, 5.41) is 21.0. The van der Waals surface area contributed by atoms with Crippen molar-refractivity contribution in [2.75, 3.05) is 18.5 Å². The smallest absolute Gasteiger partial charge is 0.143 e. The molecule has 0 spiro atoms. The third-order valence-corrected chi connectivity index (χ3v) is 3.28. The van der Waals surface area contributed by atoms with Crippen molar-refractivity contribution in [3.63, 3.8) is 0 Å². The van der Waals surface area contributed by atoms with Gasteiger partial charge in [0.05, 0.1) is 24.5 Å². The van der Waals surface area contributed by atoms with Crippen LogP contribution >= 0.6 is 0 Å². The fourth-order valence-electron chi connectivity index (χ4n) is 2.22. The Morgan fingerprint density at radius 2 is 2.11 bits per heavy atom. The fourth-order valence-corrected chi connectivity index (χ4v) is 2.22. The Labute approximate surface area is 112 Å². The molecule has 1 aliphatic carbocycles. The molecule has 19 heavy (non-hydrogen) atoms. The number of hydrogen-bond donors (Lipinski definition) is 3. The maximum absolute atomic E-state index is 13.3. The van der Waals surface area contributed by atoms with Gasteiger partial charge in [-0.2, -0.15) is 0 Å². The minimum Gasteiger partial charge on any atom is -0.488 e. The van der Waals surface area contributed by atoms with Crippen LogP contribution in [0.25, 0.3) is 0 Å². The highest BCUT2D eigenvalue weighted by atomic mass is 19.1. The number of anilines is 1. The average molecular weight is 269 g/mol. The molecule has 3 N–H and O–H groups in total. The van der Waals surface area contributed by atoms with Gasteiger partial charge in [0, 0.05) is 12.6 Å². The maximum atomic E-state index is 13.3. The summed E-state index contributed by atoms with van der Waals surface area (Å²) in [4.78, 5) is 0. The van der Waals surface area contributed by atoms with Crippen LogP contribution in [0, 0.1) is 5.82 Å². The van der Waals surface area contributed by atoms with E-state index in [1.807, 2.05) is 0 Å². The topological polar surface area (TPSA) is 61.7 Å². The van der Waals surface area contributed by atoms with Gasteiger partial charge in [0.15, 0.2) is 0 Å². The summed E-state index contributed by atoms with van der Waals surface area (Å²) in [6.45, 7) is -0.178. The number of nitrogens with one attached hydrogen (secondary N) is 1. The molecule has 1 aromatic rings. The van der Waals surface area contributed by atoms with Gasteiger partial charge < -0.3 is 20.3 Å². The van der Waals surface area contributed by atoms with Crippen LogP contribution in [0.3, 0.4) is 0 Å². The zero-order chi connectivity index (χ0) is 13.7. The first kappa shape index (κ1) is 14.1. The predicted octanol–water partition coefficient (Wildman–Crippen LogP) is 1.91. The number of halogens is 1. The summed E-state index contributed by atoms with van der Waals surface area (Å²) in [5.41, 5.74) is 0.513. The average Bonchev–Trinajstić information content (AvgIpc) is 2.91. The van der Waals surface area contributed by atoms with Gasteiger partial charge in [0.1, 0.15) is 11.6 Å². The molecule has 1 atom stereocenters. The molecule has 0 saturated heterocycles. The number of hydrogen-bond acceptors (Lipinski definition) is 4. The monoisotopic (exact) mass is 269 g/mol. The molecule has 0 heterocycles. The second-order valence-electron chi connectivity index (χ2n) is 4.88. The number of benzene rings is 1. The highest BCUT2D eigenvalue weighted by Gasteiger charge is 2.18. The molecule has 5 heteroatoms. The van der Waals surface area contributed by atoms with Crippen molar-refractivity contribution in [3.8, 4) is 5.75 Å². The van der Waals surface area contributed by atoms with Crippen LogP contribution in [-0.2, 0) is 0 Å². The van der Waals surface area contributed by atoms with Gasteiger partial charge in [0.25, 0.3) is 0 Å². The van der Waals surface area contributed by atoms with Crippen LogP contribution in [0.5, 0.6) is 5.75 Å². The Bertz CT molecular complexity index is 408. The van der Waals surface area contributed by atoms with Crippen LogP contribution in [0.1, 0.15) is 25.7 Å². The molecule has 2 rings (SSSR count). The van der Waals surface area contributed by atoms with E-state index in [-0.39, 0.29) is 25.1 Å². The van der Waals surface area contributed by atoms with Crippen LogP contribution in [0.2, 0.25) is 0 Å². The Balaban J connectivity index is 2.03. The predicted molar refractivity (Wildman–Crippen MR) is 70.9 cm³/mol. The summed E-state index contributed by atoms with van der Waals surface area (Å²) in [6, 6.07) is 4.30. The quantitative estimate of drug-likeness (QED) is 0.738. The second-order valence-corrected chi connectivity index (χ2v) is 4.88. The molecule has 1 unspecified atom stereocenters. The normalized spacial score (nSPS) is 17.4. The first-order chi connectivity index (χ1) is 9.19. The van der Waals surface area contributed by atoms with Crippen molar-refractivity contribution in [2.45, 2.75) is 37.9 Å². The van der Waals surface area contributed by atoms with Crippen molar-refractivity contribution in [1.29, 1.82) is 0 Å². The minimum atomic E-state index is -0.873. The van der Waals surface area contributed by atoms with Gasteiger partial charge in [-0.25, -0.2) is 4.39 Å². The summed E-state index contributed by atoms with van der Waals surface area (Å²) < 4.78 is 19.1. The number of aliphatic hydroxyl groups excluding tert-OH is 2. The Hall–Kier alpha value is -1.33. The van der Waals surface area contributed by atoms with Crippen LogP contribution < -0.4 is 10.1 Å². The molecule has 0 bridgehead atoms. The summed E-state index contributed by atoms with van der Waals surface area (Å²) in [7, 11) is 0. The van der Waals surface area contributed by atoms with Gasteiger partial charge in [-0.15, -0.1) is 0 Å². The molecular formula is C14H20FNO3. The molecule has 0 aromatic heterocycles. The molecular weight excluding hydrogens is 249 g/mol. The van der Waals surface area contributed by atoms with Crippen LogP contribution in [-0.4, -0.2) is 35.6 Å². The molecule has 0 radical (unpaired) electrons. The van der Waals surface area contributed by atoms with Crippen molar-refractivity contribution < 1.29 is 19.3 Å². The molecule has 1 aromatic carbocycles. The largest absolute Gasteiger partial charge is 0.488 e. The summed E-state index contributed by atoms with van der Waals surface area (Å²) in [5.74, 6) is 0.234. The fraction of sp³-hybridized carbons (Fsp3) is 0.571. The lowest BCUT2D eigenvalue weighted by molar-refractivity contribution is 0.105. The third-order valence-electron chi connectivity index (χ3n) is 3.28. The minimum absolute atomic E-state index is 0.154. The van der Waals surface area contributed by atoms with Crippen molar-refractivity contribution in [2.24, 2.45) is 0 Å². The van der Waals surface area contributed by atoms with Crippen LogP contribution in [0.4, 0.5) is 10.1 Å². The lowest BCUT2D eigenvalue weighted by Gasteiger charge is -2.18. The molecule has 106 valence electrons. The third kappa shape index (κ3) is 4.08. The number of rotatable bonds is 6. The lowest BCUT2D eigenvalue weighted by atomic mass is 10.2. The Morgan fingerprint density at radius 3 is 2.79 bits per heavy atom.